The smallest absolute Gasteiger partial charge is 0.272 e. The van der Waals surface area contributed by atoms with Crippen LogP contribution in [0.2, 0.25) is 0 Å². The van der Waals surface area contributed by atoms with Crippen molar-refractivity contribution in [1.82, 2.24) is 14.8 Å². The minimum Gasteiger partial charge on any atom is -0.336 e. The quantitative estimate of drug-likeness (QED) is 0.743. The van der Waals surface area contributed by atoms with Gasteiger partial charge < -0.3 is 9.80 Å². The zero-order chi connectivity index (χ0) is 14.1. The Morgan fingerprint density at radius 2 is 2.11 bits per heavy atom. The average Bonchev–Trinajstić information content (AvgIpc) is 2.42. The number of nitrogens with zero attached hydrogens (tertiary/aromatic N) is 4. The summed E-state index contributed by atoms with van der Waals surface area (Å²) in [5, 5.41) is 8.67. The van der Waals surface area contributed by atoms with Crippen LogP contribution in [0.15, 0.2) is 24.4 Å². The highest BCUT2D eigenvalue weighted by atomic mass is 16.2. The van der Waals surface area contributed by atoms with Crippen molar-refractivity contribution >= 4 is 5.91 Å². The molecule has 0 unspecified atom stereocenters. The number of amides is 1. The van der Waals surface area contributed by atoms with Crippen molar-refractivity contribution in [2.24, 2.45) is 0 Å². The number of hydrogen-bond acceptors (Lipinski definition) is 4. The second-order valence-electron chi connectivity index (χ2n) is 4.57. The highest BCUT2D eigenvalue weighted by Crippen LogP contribution is 2.04. The molecule has 1 rings (SSSR count). The third-order valence-corrected chi connectivity index (χ3v) is 2.70. The van der Waals surface area contributed by atoms with Crippen LogP contribution in [-0.4, -0.2) is 54.4 Å². The molecule has 1 aromatic heterocycles. The maximum absolute atomic E-state index is 12.3. The summed E-state index contributed by atoms with van der Waals surface area (Å²) in [7, 11) is 4.00. The first-order valence-corrected chi connectivity index (χ1v) is 6.37. The van der Waals surface area contributed by atoms with Gasteiger partial charge in [0.25, 0.3) is 5.91 Å². The third-order valence-electron chi connectivity index (χ3n) is 2.70. The number of hydrogen-bond donors (Lipinski definition) is 0. The molecular formula is C14H20N4O. The molecule has 5 heteroatoms. The highest BCUT2D eigenvalue weighted by Gasteiger charge is 2.15. The fourth-order valence-corrected chi connectivity index (χ4v) is 1.73. The molecule has 102 valence electrons. The predicted molar refractivity (Wildman–Crippen MR) is 73.5 cm³/mol. The van der Waals surface area contributed by atoms with Crippen molar-refractivity contribution in [3.8, 4) is 6.07 Å². The van der Waals surface area contributed by atoms with Crippen molar-refractivity contribution in [3.05, 3.63) is 30.1 Å². The van der Waals surface area contributed by atoms with E-state index in [1.165, 1.54) is 0 Å². The molecular weight excluding hydrogens is 240 g/mol. The lowest BCUT2D eigenvalue weighted by Crippen LogP contribution is -2.34. The topological polar surface area (TPSA) is 60.2 Å². The van der Waals surface area contributed by atoms with Crippen LogP contribution < -0.4 is 0 Å². The van der Waals surface area contributed by atoms with Crippen LogP contribution in [0.4, 0.5) is 0 Å². The van der Waals surface area contributed by atoms with Gasteiger partial charge >= 0.3 is 0 Å². The van der Waals surface area contributed by atoms with Crippen LogP contribution in [0.1, 0.15) is 23.3 Å². The lowest BCUT2D eigenvalue weighted by Gasteiger charge is -2.22. The van der Waals surface area contributed by atoms with E-state index >= 15 is 0 Å². The van der Waals surface area contributed by atoms with Gasteiger partial charge in [0.05, 0.1) is 12.5 Å². The van der Waals surface area contributed by atoms with E-state index in [1.807, 2.05) is 14.1 Å². The molecule has 0 spiro atoms. The Balaban J connectivity index is 2.62. The van der Waals surface area contributed by atoms with Crippen LogP contribution in [0, 0.1) is 11.3 Å². The van der Waals surface area contributed by atoms with Gasteiger partial charge in [-0.2, -0.15) is 5.26 Å². The number of nitriles is 1. The summed E-state index contributed by atoms with van der Waals surface area (Å²) >= 11 is 0. The summed E-state index contributed by atoms with van der Waals surface area (Å²) in [6.07, 6.45) is 2.84. The van der Waals surface area contributed by atoms with Gasteiger partial charge in [-0.05, 0) is 39.2 Å². The van der Waals surface area contributed by atoms with Crippen LogP contribution in [0.3, 0.4) is 0 Å². The van der Waals surface area contributed by atoms with Crippen molar-refractivity contribution in [2.45, 2.75) is 12.8 Å². The molecule has 0 saturated heterocycles. The number of carbonyl (C=O) groups excluding carboxylic acids is 1. The molecule has 0 aromatic carbocycles. The first kappa shape index (κ1) is 15.1. The summed E-state index contributed by atoms with van der Waals surface area (Å²) in [6, 6.07) is 7.36. The molecule has 1 heterocycles. The first-order chi connectivity index (χ1) is 9.15. The molecule has 1 aromatic rings. The molecule has 1 amide bonds. The average molecular weight is 260 g/mol. The predicted octanol–water partition coefficient (Wildman–Crippen LogP) is 1.39. The molecule has 0 aliphatic rings. The van der Waals surface area contributed by atoms with E-state index in [0.717, 1.165) is 13.0 Å². The van der Waals surface area contributed by atoms with E-state index in [0.29, 0.717) is 25.2 Å². The molecule has 0 atom stereocenters. The second-order valence-corrected chi connectivity index (χ2v) is 4.57. The molecule has 0 radical (unpaired) electrons. The van der Waals surface area contributed by atoms with Gasteiger partial charge in [-0.25, -0.2) is 0 Å². The minimum absolute atomic E-state index is 0.102. The molecule has 0 bridgehead atoms. The number of aromatic nitrogens is 1. The normalized spacial score (nSPS) is 10.2. The lowest BCUT2D eigenvalue weighted by molar-refractivity contribution is 0.0748. The largest absolute Gasteiger partial charge is 0.336 e. The Hall–Kier alpha value is -1.93. The minimum atomic E-state index is -0.102. The van der Waals surface area contributed by atoms with E-state index in [2.05, 4.69) is 16.0 Å². The second kappa shape index (κ2) is 8.22. The maximum atomic E-state index is 12.3. The zero-order valence-electron chi connectivity index (χ0n) is 11.5. The summed E-state index contributed by atoms with van der Waals surface area (Å²) in [4.78, 5) is 20.1. The molecule has 19 heavy (non-hydrogen) atoms. The van der Waals surface area contributed by atoms with Gasteiger partial charge in [0.15, 0.2) is 0 Å². The molecule has 0 N–H and O–H groups in total. The van der Waals surface area contributed by atoms with E-state index in [1.54, 1.807) is 29.3 Å². The molecule has 0 aliphatic carbocycles. The molecule has 0 aliphatic heterocycles. The molecule has 0 fully saturated rings. The van der Waals surface area contributed by atoms with Crippen molar-refractivity contribution < 1.29 is 4.79 Å². The fourth-order valence-electron chi connectivity index (χ4n) is 1.73. The van der Waals surface area contributed by atoms with Gasteiger partial charge in [-0.15, -0.1) is 0 Å². The van der Waals surface area contributed by atoms with E-state index < -0.39 is 0 Å². The Bertz CT molecular complexity index is 425. The van der Waals surface area contributed by atoms with E-state index in [-0.39, 0.29) is 5.91 Å². The Labute approximate surface area is 114 Å². The van der Waals surface area contributed by atoms with Crippen LogP contribution in [0.25, 0.3) is 0 Å². The SMILES string of the molecule is CN(C)CCCN(CCC#N)C(=O)c1ccccn1. The Morgan fingerprint density at radius 3 is 2.68 bits per heavy atom. The van der Waals surface area contributed by atoms with Crippen LogP contribution in [0.5, 0.6) is 0 Å². The Morgan fingerprint density at radius 1 is 1.32 bits per heavy atom. The van der Waals surface area contributed by atoms with E-state index in [9.17, 15) is 4.79 Å². The van der Waals surface area contributed by atoms with Gasteiger partial charge in [-0.3, -0.25) is 9.78 Å². The monoisotopic (exact) mass is 260 g/mol. The van der Waals surface area contributed by atoms with Crippen molar-refractivity contribution in [2.75, 3.05) is 33.7 Å². The lowest BCUT2D eigenvalue weighted by atomic mass is 10.2. The third kappa shape index (κ3) is 5.49. The van der Waals surface area contributed by atoms with Gasteiger partial charge in [0.1, 0.15) is 5.69 Å². The van der Waals surface area contributed by atoms with Crippen LogP contribution >= 0.6 is 0 Å². The van der Waals surface area contributed by atoms with Gasteiger partial charge in [0, 0.05) is 19.3 Å². The summed E-state index contributed by atoms with van der Waals surface area (Å²) in [5.74, 6) is -0.102. The Kier molecular flexibility index (Phi) is 6.55. The summed E-state index contributed by atoms with van der Waals surface area (Å²) < 4.78 is 0. The molecule has 5 nitrogen and oxygen atoms in total. The first-order valence-electron chi connectivity index (χ1n) is 6.37. The van der Waals surface area contributed by atoms with E-state index in [4.69, 9.17) is 5.26 Å². The fraction of sp³-hybridized carbons (Fsp3) is 0.500. The summed E-state index contributed by atoms with van der Waals surface area (Å²) in [6.45, 7) is 2.02. The molecule has 0 saturated carbocycles. The van der Waals surface area contributed by atoms with Gasteiger partial charge in [-0.1, -0.05) is 6.07 Å². The van der Waals surface area contributed by atoms with Crippen molar-refractivity contribution in [3.63, 3.8) is 0 Å². The summed E-state index contributed by atoms with van der Waals surface area (Å²) in [5.41, 5.74) is 0.435. The number of rotatable bonds is 7. The number of carbonyl (C=O) groups is 1. The van der Waals surface area contributed by atoms with Crippen LogP contribution in [-0.2, 0) is 0 Å². The van der Waals surface area contributed by atoms with Gasteiger partial charge in [0.2, 0.25) is 0 Å². The van der Waals surface area contributed by atoms with Crippen molar-refractivity contribution in [1.29, 1.82) is 5.26 Å². The zero-order valence-corrected chi connectivity index (χ0v) is 11.5. The maximum Gasteiger partial charge on any atom is 0.272 e. The highest BCUT2D eigenvalue weighted by molar-refractivity contribution is 5.92. The standard InChI is InChI=1S/C14H20N4O/c1-17(2)10-6-12-18(11-5-8-15)14(19)13-7-3-4-9-16-13/h3-4,7,9H,5-6,10-12H2,1-2H3. The number of pyridine rings is 1.